The molecule has 0 atom stereocenters. The lowest BCUT2D eigenvalue weighted by molar-refractivity contribution is 0.234. The zero-order valence-electron chi connectivity index (χ0n) is 18.9. The average Bonchev–Trinajstić information content (AvgIpc) is 2.77. The first kappa shape index (κ1) is 22.5. The van der Waals surface area contributed by atoms with E-state index in [1.165, 1.54) is 11.1 Å². The van der Waals surface area contributed by atoms with Crippen molar-refractivity contribution in [2.75, 3.05) is 0 Å². The summed E-state index contributed by atoms with van der Waals surface area (Å²) in [5, 5.41) is 9.78. The largest absolute Gasteiger partial charge is 0.472 e. The molecule has 0 aliphatic rings. The lowest BCUT2D eigenvalue weighted by Gasteiger charge is -2.13. The maximum absolute atomic E-state index is 9.78. The SMILES string of the molecule is Cc1ccc(C(=Nc2ccc(C(C)C)cc2)NO)c(OCc2ccc(C(C)C)cc2)n1. The summed E-state index contributed by atoms with van der Waals surface area (Å²) >= 11 is 0. The number of benzene rings is 2. The minimum atomic E-state index is 0.287. The van der Waals surface area contributed by atoms with Gasteiger partial charge in [0.1, 0.15) is 6.61 Å². The van der Waals surface area contributed by atoms with Gasteiger partial charge in [-0.25, -0.2) is 9.98 Å². The normalized spacial score (nSPS) is 11.8. The van der Waals surface area contributed by atoms with Crippen LogP contribution < -0.4 is 10.2 Å². The summed E-state index contributed by atoms with van der Waals surface area (Å²) in [6.07, 6.45) is 0. The van der Waals surface area contributed by atoms with E-state index in [1.54, 1.807) is 0 Å². The van der Waals surface area contributed by atoms with Crippen LogP contribution in [0.15, 0.2) is 65.7 Å². The highest BCUT2D eigenvalue weighted by Crippen LogP contribution is 2.23. The molecule has 2 N–H and O–H groups in total. The van der Waals surface area contributed by atoms with E-state index in [9.17, 15) is 5.21 Å². The van der Waals surface area contributed by atoms with Gasteiger partial charge in [-0.3, -0.25) is 10.7 Å². The number of nitrogens with zero attached hydrogens (tertiary/aromatic N) is 2. The third kappa shape index (κ3) is 5.92. The van der Waals surface area contributed by atoms with Gasteiger partial charge in [0.2, 0.25) is 5.88 Å². The molecule has 0 aliphatic heterocycles. The molecule has 5 nitrogen and oxygen atoms in total. The summed E-state index contributed by atoms with van der Waals surface area (Å²) < 4.78 is 6.03. The zero-order chi connectivity index (χ0) is 22.4. The number of hydroxylamine groups is 1. The summed E-state index contributed by atoms with van der Waals surface area (Å²) in [7, 11) is 0. The number of pyridine rings is 1. The Labute approximate surface area is 184 Å². The lowest BCUT2D eigenvalue weighted by Crippen LogP contribution is -2.21. The van der Waals surface area contributed by atoms with Crippen LogP contribution in [0.5, 0.6) is 5.88 Å². The number of amidine groups is 1. The van der Waals surface area contributed by atoms with E-state index in [2.05, 4.69) is 67.4 Å². The minimum Gasteiger partial charge on any atom is -0.472 e. The fraction of sp³-hybridized carbons (Fsp3) is 0.308. The van der Waals surface area contributed by atoms with Gasteiger partial charge in [-0.1, -0.05) is 64.1 Å². The summed E-state index contributed by atoms with van der Waals surface area (Å²) in [4.78, 5) is 9.09. The Morgan fingerprint density at radius 2 is 1.48 bits per heavy atom. The zero-order valence-corrected chi connectivity index (χ0v) is 18.9. The summed E-state index contributed by atoms with van der Waals surface area (Å²) in [5.41, 5.74) is 7.95. The summed E-state index contributed by atoms with van der Waals surface area (Å²) in [6, 6.07) is 20.1. The van der Waals surface area contributed by atoms with Crippen LogP contribution in [0.2, 0.25) is 0 Å². The number of hydrogen-bond acceptors (Lipinski definition) is 4. The molecule has 0 aliphatic carbocycles. The Hall–Kier alpha value is -3.18. The quantitative estimate of drug-likeness (QED) is 0.270. The molecule has 5 heteroatoms. The number of aliphatic imine (C=N–C) groups is 1. The second kappa shape index (κ2) is 10.2. The third-order valence-electron chi connectivity index (χ3n) is 5.18. The smallest absolute Gasteiger partial charge is 0.225 e. The van der Waals surface area contributed by atoms with Crippen molar-refractivity contribution < 1.29 is 9.94 Å². The molecule has 31 heavy (non-hydrogen) atoms. The van der Waals surface area contributed by atoms with E-state index in [0.717, 1.165) is 16.9 Å². The first-order valence-electron chi connectivity index (χ1n) is 10.7. The van der Waals surface area contributed by atoms with Crippen molar-refractivity contribution in [3.05, 3.63) is 88.6 Å². The monoisotopic (exact) mass is 417 g/mol. The number of nitrogens with one attached hydrogen (secondary N) is 1. The highest BCUT2D eigenvalue weighted by Gasteiger charge is 2.13. The number of rotatable bonds is 7. The van der Waals surface area contributed by atoms with Gasteiger partial charge >= 0.3 is 0 Å². The number of aromatic nitrogens is 1. The van der Waals surface area contributed by atoms with Crippen LogP contribution in [0.25, 0.3) is 0 Å². The molecule has 0 radical (unpaired) electrons. The molecule has 0 saturated heterocycles. The van der Waals surface area contributed by atoms with Gasteiger partial charge in [0.25, 0.3) is 0 Å². The maximum Gasteiger partial charge on any atom is 0.225 e. The molecule has 0 amide bonds. The Bertz CT molecular complexity index is 1020. The van der Waals surface area contributed by atoms with Gasteiger partial charge in [-0.05, 0) is 59.7 Å². The molecule has 1 aromatic heterocycles. The van der Waals surface area contributed by atoms with Crippen LogP contribution >= 0.6 is 0 Å². The van der Waals surface area contributed by atoms with Gasteiger partial charge in [0.15, 0.2) is 5.84 Å². The number of aryl methyl sites for hydroxylation is 1. The van der Waals surface area contributed by atoms with Gasteiger partial charge < -0.3 is 4.74 Å². The molecule has 0 bridgehead atoms. The van der Waals surface area contributed by atoms with E-state index < -0.39 is 0 Å². The molecule has 3 rings (SSSR count). The highest BCUT2D eigenvalue weighted by molar-refractivity contribution is 6.01. The van der Waals surface area contributed by atoms with E-state index in [0.29, 0.717) is 29.9 Å². The standard InChI is InChI=1S/C26H31N3O2/c1-17(2)21-9-7-20(8-10-21)16-31-26-24(15-6-19(5)27-26)25(29-30)28-23-13-11-22(12-14-23)18(3)4/h6-15,17-18,30H,16H2,1-5H3,(H,28,29). The second-order valence-electron chi connectivity index (χ2n) is 8.31. The van der Waals surface area contributed by atoms with Crippen molar-refractivity contribution in [2.45, 2.75) is 53.1 Å². The summed E-state index contributed by atoms with van der Waals surface area (Å²) in [5.74, 6) is 1.65. The molecule has 1 heterocycles. The van der Waals surface area contributed by atoms with Crippen molar-refractivity contribution in [3.8, 4) is 5.88 Å². The first-order chi connectivity index (χ1) is 14.9. The Kier molecular flexibility index (Phi) is 7.42. The van der Waals surface area contributed by atoms with Crippen molar-refractivity contribution in [1.82, 2.24) is 10.5 Å². The van der Waals surface area contributed by atoms with Crippen LogP contribution in [-0.2, 0) is 6.61 Å². The molecule has 0 spiro atoms. The molecule has 162 valence electrons. The van der Waals surface area contributed by atoms with E-state index >= 15 is 0 Å². The summed E-state index contributed by atoms with van der Waals surface area (Å²) in [6.45, 7) is 10.9. The van der Waals surface area contributed by atoms with Crippen LogP contribution in [0.1, 0.15) is 67.5 Å². The molecular weight excluding hydrogens is 386 g/mol. The van der Waals surface area contributed by atoms with E-state index in [4.69, 9.17) is 4.74 Å². The predicted molar refractivity (Wildman–Crippen MR) is 125 cm³/mol. The Balaban J connectivity index is 1.84. The predicted octanol–water partition coefficient (Wildman–Crippen LogP) is 6.27. The maximum atomic E-state index is 9.78. The van der Waals surface area contributed by atoms with Gasteiger partial charge in [0.05, 0.1) is 11.3 Å². The second-order valence-corrected chi connectivity index (χ2v) is 8.31. The fourth-order valence-electron chi connectivity index (χ4n) is 3.18. The highest BCUT2D eigenvalue weighted by atomic mass is 16.5. The lowest BCUT2D eigenvalue weighted by atomic mass is 10.0. The molecule has 2 aromatic carbocycles. The number of ether oxygens (including phenoxy) is 1. The minimum absolute atomic E-state index is 0.287. The molecule has 3 aromatic rings. The first-order valence-corrected chi connectivity index (χ1v) is 10.7. The fourth-order valence-corrected chi connectivity index (χ4v) is 3.18. The Morgan fingerprint density at radius 1 is 0.903 bits per heavy atom. The molecule has 0 unspecified atom stereocenters. The third-order valence-corrected chi connectivity index (χ3v) is 5.18. The van der Waals surface area contributed by atoms with Gasteiger partial charge in [0, 0.05) is 5.69 Å². The Morgan fingerprint density at radius 3 is 2.03 bits per heavy atom. The molecule has 0 saturated carbocycles. The van der Waals surface area contributed by atoms with Crippen molar-refractivity contribution in [3.63, 3.8) is 0 Å². The van der Waals surface area contributed by atoms with E-state index in [-0.39, 0.29) is 5.84 Å². The molecule has 0 fully saturated rings. The van der Waals surface area contributed by atoms with Crippen molar-refractivity contribution >= 4 is 11.5 Å². The van der Waals surface area contributed by atoms with Crippen LogP contribution in [0, 0.1) is 6.92 Å². The van der Waals surface area contributed by atoms with Gasteiger partial charge in [-0.15, -0.1) is 0 Å². The van der Waals surface area contributed by atoms with Crippen LogP contribution in [0.3, 0.4) is 0 Å². The topological polar surface area (TPSA) is 66.7 Å². The van der Waals surface area contributed by atoms with Crippen LogP contribution in [-0.4, -0.2) is 16.0 Å². The van der Waals surface area contributed by atoms with Crippen LogP contribution in [0.4, 0.5) is 5.69 Å². The average molecular weight is 418 g/mol. The van der Waals surface area contributed by atoms with Gasteiger partial charge in [-0.2, -0.15) is 0 Å². The van der Waals surface area contributed by atoms with Crippen molar-refractivity contribution in [1.29, 1.82) is 0 Å². The molecular formula is C26H31N3O2. The van der Waals surface area contributed by atoms with E-state index in [1.807, 2.05) is 43.3 Å². The van der Waals surface area contributed by atoms with Crippen molar-refractivity contribution in [2.24, 2.45) is 4.99 Å². The number of hydrogen-bond donors (Lipinski definition) is 2.